The molecule has 2 rings (SSSR count). The van der Waals surface area contributed by atoms with Gasteiger partial charge in [-0.1, -0.05) is 6.92 Å². The van der Waals surface area contributed by atoms with Crippen molar-refractivity contribution in [1.82, 2.24) is 0 Å². The van der Waals surface area contributed by atoms with Crippen LogP contribution in [0, 0.1) is 6.92 Å². The third-order valence-corrected chi connectivity index (χ3v) is 3.00. The van der Waals surface area contributed by atoms with Gasteiger partial charge in [0.05, 0.1) is 11.5 Å². The predicted octanol–water partition coefficient (Wildman–Crippen LogP) is 4.10. The molecule has 0 saturated carbocycles. The van der Waals surface area contributed by atoms with Crippen molar-refractivity contribution in [2.75, 3.05) is 0 Å². The summed E-state index contributed by atoms with van der Waals surface area (Å²) in [5, 5.41) is 0. The summed E-state index contributed by atoms with van der Waals surface area (Å²) in [6.07, 6.45) is 12.8. The zero-order valence-corrected chi connectivity index (χ0v) is 9.91. The maximum absolute atomic E-state index is 5.87. The van der Waals surface area contributed by atoms with E-state index in [1.807, 2.05) is 0 Å². The Labute approximate surface area is 98.3 Å². The minimum atomic E-state index is -0.119. The zero-order chi connectivity index (χ0) is 11.2. The maximum atomic E-state index is 5.87. The molecule has 0 spiro atoms. The van der Waals surface area contributed by atoms with Crippen molar-refractivity contribution in [2.24, 2.45) is 0 Å². The first-order valence-corrected chi connectivity index (χ1v) is 6.39. The molecule has 2 nitrogen and oxygen atoms in total. The number of ether oxygens (including phenoxy) is 2. The molecule has 16 heavy (non-hydrogen) atoms. The Morgan fingerprint density at radius 2 is 1.62 bits per heavy atom. The summed E-state index contributed by atoms with van der Waals surface area (Å²) < 4.78 is 11.7. The highest BCUT2D eigenvalue weighted by molar-refractivity contribution is 5.02. The standard InChI is InChI=1S/C14H21O2/c1-2-7-14(15-12-8-3-4-9-12)16-13-10-5-6-11-13/h8,10,14H,1-7,9,11H2. The van der Waals surface area contributed by atoms with Crippen molar-refractivity contribution in [2.45, 2.75) is 57.7 Å². The van der Waals surface area contributed by atoms with Gasteiger partial charge in [-0.05, 0) is 44.3 Å². The van der Waals surface area contributed by atoms with Crippen molar-refractivity contribution in [3.63, 3.8) is 0 Å². The Bertz CT molecular complexity index is 252. The second-order valence-electron chi connectivity index (χ2n) is 4.43. The molecule has 0 aromatic carbocycles. The second kappa shape index (κ2) is 5.97. The molecule has 0 fully saturated rings. The van der Waals surface area contributed by atoms with Gasteiger partial charge in [0.15, 0.2) is 0 Å². The molecule has 0 heterocycles. The van der Waals surface area contributed by atoms with Gasteiger partial charge in [-0.3, -0.25) is 0 Å². The fourth-order valence-corrected chi connectivity index (χ4v) is 2.14. The van der Waals surface area contributed by atoms with Crippen molar-refractivity contribution < 1.29 is 9.47 Å². The first-order valence-electron chi connectivity index (χ1n) is 6.39. The van der Waals surface area contributed by atoms with Gasteiger partial charge in [0, 0.05) is 19.3 Å². The minimum Gasteiger partial charge on any atom is -0.460 e. The van der Waals surface area contributed by atoms with E-state index in [0.717, 1.165) is 50.0 Å². The average Bonchev–Trinajstić information content (AvgIpc) is 2.91. The number of allylic oxidation sites excluding steroid dienone is 4. The normalized spacial score (nSPS) is 19.9. The summed E-state index contributed by atoms with van der Waals surface area (Å²) in [6, 6.07) is 0. The molecular weight excluding hydrogens is 200 g/mol. The summed E-state index contributed by atoms with van der Waals surface area (Å²) in [4.78, 5) is 0. The molecule has 0 aliphatic heterocycles. The Morgan fingerprint density at radius 1 is 1.06 bits per heavy atom. The van der Waals surface area contributed by atoms with Crippen molar-refractivity contribution in [3.8, 4) is 0 Å². The monoisotopic (exact) mass is 221 g/mol. The van der Waals surface area contributed by atoms with Crippen LogP contribution in [-0.2, 0) is 9.47 Å². The fourth-order valence-electron chi connectivity index (χ4n) is 2.14. The Hall–Kier alpha value is -0.920. The molecule has 0 saturated heterocycles. The van der Waals surface area contributed by atoms with Gasteiger partial charge in [0.1, 0.15) is 0 Å². The van der Waals surface area contributed by atoms with Gasteiger partial charge in [-0.15, -0.1) is 0 Å². The van der Waals surface area contributed by atoms with Gasteiger partial charge in [-0.2, -0.15) is 0 Å². The van der Waals surface area contributed by atoms with Crippen LogP contribution in [0.25, 0.3) is 0 Å². The summed E-state index contributed by atoms with van der Waals surface area (Å²) in [7, 11) is 0. The smallest absolute Gasteiger partial charge is 0.240 e. The number of hydrogen-bond donors (Lipinski definition) is 0. The lowest BCUT2D eigenvalue weighted by molar-refractivity contribution is -0.0923. The van der Waals surface area contributed by atoms with Crippen LogP contribution in [0.15, 0.2) is 23.7 Å². The lowest BCUT2D eigenvalue weighted by Gasteiger charge is -2.21. The molecule has 89 valence electrons. The van der Waals surface area contributed by atoms with E-state index >= 15 is 0 Å². The van der Waals surface area contributed by atoms with Crippen LogP contribution < -0.4 is 0 Å². The Morgan fingerprint density at radius 3 is 2.00 bits per heavy atom. The first kappa shape index (κ1) is 11.6. The third kappa shape index (κ3) is 3.29. The quantitative estimate of drug-likeness (QED) is 0.629. The molecule has 0 atom stereocenters. The van der Waals surface area contributed by atoms with E-state index in [-0.39, 0.29) is 6.29 Å². The van der Waals surface area contributed by atoms with Gasteiger partial charge >= 0.3 is 0 Å². The Balaban J connectivity index is 1.83. The molecule has 2 heteroatoms. The predicted molar refractivity (Wildman–Crippen MR) is 64.4 cm³/mol. The molecule has 0 unspecified atom stereocenters. The highest BCUT2D eigenvalue weighted by Crippen LogP contribution is 2.26. The zero-order valence-electron chi connectivity index (χ0n) is 9.91. The van der Waals surface area contributed by atoms with Crippen molar-refractivity contribution in [1.29, 1.82) is 0 Å². The molecule has 0 amide bonds. The highest BCUT2D eigenvalue weighted by atomic mass is 16.7. The second-order valence-corrected chi connectivity index (χ2v) is 4.43. The minimum absolute atomic E-state index is 0.119. The van der Waals surface area contributed by atoms with E-state index in [2.05, 4.69) is 19.1 Å². The summed E-state index contributed by atoms with van der Waals surface area (Å²) >= 11 is 0. The maximum Gasteiger partial charge on any atom is 0.240 e. The molecule has 0 bridgehead atoms. The van der Waals surface area contributed by atoms with E-state index < -0.39 is 0 Å². The first-order chi connectivity index (χ1) is 7.88. The summed E-state index contributed by atoms with van der Waals surface area (Å²) in [5.74, 6) is 2.22. The molecule has 0 aromatic rings. The van der Waals surface area contributed by atoms with Crippen LogP contribution in [0.5, 0.6) is 0 Å². The van der Waals surface area contributed by atoms with Crippen LogP contribution >= 0.6 is 0 Å². The van der Waals surface area contributed by atoms with Crippen molar-refractivity contribution >= 4 is 0 Å². The van der Waals surface area contributed by atoms with E-state index in [1.165, 1.54) is 12.8 Å². The van der Waals surface area contributed by atoms with Crippen LogP contribution in [-0.4, -0.2) is 6.29 Å². The van der Waals surface area contributed by atoms with E-state index in [4.69, 9.17) is 9.47 Å². The highest BCUT2D eigenvalue weighted by Gasteiger charge is 2.17. The molecule has 0 aromatic heterocycles. The molecule has 0 N–H and O–H groups in total. The average molecular weight is 221 g/mol. The Kier molecular flexibility index (Phi) is 4.32. The number of rotatable bonds is 6. The van der Waals surface area contributed by atoms with Gasteiger partial charge in [0.2, 0.25) is 6.29 Å². The lowest BCUT2D eigenvalue weighted by atomic mass is 10.3. The molecule has 1 radical (unpaired) electrons. The van der Waals surface area contributed by atoms with Gasteiger partial charge in [0.25, 0.3) is 0 Å². The lowest BCUT2D eigenvalue weighted by Crippen LogP contribution is -2.16. The van der Waals surface area contributed by atoms with Crippen molar-refractivity contribution in [3.05, 3.63) is 30.6 Å². The third-order valence-electron chi connectivity index (χ3n) is 3.00. The topological polar surface area (TPSA) is 18.5 Å². The molecule has 2 aliphatic rings. The summed E-state index contributed by atoms with van der Waals surface area (Å²) in [6.45, 7) is 3.88. The van der Waals surface area contributed by atoms with E-state index in [1.54, 1.807) is 0 Å². The van der Waals surface area contributed by atoms with Gasteiger partial charge in [-0.25, -0.2) is 0 Å². The van der Waals surface area contributed by atoms with E-state index in [9.17, 15) is 0 Å². The molecular formula is C14H21O2. The summed E-state index contributed by atoms with van der Waals surface area (Å²) in [5.41, 5.74) is 0. The fraction of sp³-hybridized carbons (Fsp3) is 0.643. The number of hydrogen-bond acceptors (Lipinski definition) is 2. The van der Waals surface area contributed by atoms with Gasteiger partial charge < -0.3 is 9.47 Å². The van der Waals surface area contributed by atoms with Crippen LogP contribution in [0.3, 0.4) is 0 Å². The van der Waals surface area contributed by atoms with E-state index in [0.29, 0.717) is 0 Å². The SMILES string of the molecule is [CH2]CCC(OC1=CCCC1)OC1=CCCC1. The van der Waals surface area contributed by atoms with Crippen LogP contribution in [0.4, 0.5) is 0 Å². The largest absolute Gasteiger partial charge is 0.460 e. The van der Waals surface area contributed by atoms with Crippen LogP contribution in [0.1, 0.15) is 51.4 Å². The van der Waals surface area contributed by atoms with Crippen LogP contribution in [0.2, 0.25) is 0 Å². The molecule has 2 aliphatic carbocycles.